The van der Waals surface area contributed by atoms with Gasteiger partial charge >= 0.3 is 0 Å². The molecule has 1 N–H and O–H groups in total. The molecule has 0 unspecified atom stereocenters. The minimum absolute atomic E-state index is 0.0315. The molecule has 96 valence electrons. The molecule has 3 rings (SSSR count). The molecule has 0 atom stereocenters. The maximum absolute atomic E-state index is 12.3. The molecule has 2 heterocycles. The lowest BCUT2D eigenvalue weighted by atomic mass is 9.80. The van der Waals surface area contributed by atoms with Gasteiger partial charge in [-0.3, -0.25) is 9.59 Å². The zero-order chi connectivity index (χ0) is 13.5. The maximum Gasteiger partial charge on any atom is 0.262 e. The fourth-order valence-electron chi connectivity index (χ4n) is 2.05. The van der Waals surface area contributed by atoms with Crippen LogP contribution in [0.4, 0.5) is 5.69 Å². The first-order valence-electron chi connectivity index (χ1n) is 5.75. The number of benzene rings is 1. The molecule has 6 heteroatoms. The average Bonchev–Trinajstić information content (AvgIpc) is 2.37. The van der Waals surface area contributed by atoms with E-state index >= 15 is 0 Å². The molecule has 0 spiro atoms. The predicted octanol–water partition coefficient (Wildman–Crippen LogP) is 0.740. The molecule has 2 aliphatic heterocycles. The average molecular weight is 258 g/mol. The first-order valence-corrected chi connectivity index (χ1v) is 5.75. The van der Waals surface area contributed by atoms with Crippen LogP contribution in [0, 0.1) is 16.7 Å². The summed E-state index contributed by atoms with van der Waals surface area (Å²) in [6.45, 7) is 0.195. The third-order valence-electron chi connectivity index (χ3n) is 3.22. The van der Waals surface area contributed by atoms with Crippen molar-refractivity contribution in [2.24, 2.45) is 5.41 Å². The third-order valence-corrected chi connectivity index (χ3v) is 3.22. The number of ketones is 1. The Morgan fingerprint density at radius 1 is 1.42 bits per heavy atom. The molecule has 0 radical (unpaired) electrons. The number of nitrogens with one attached hydrogen (secondary N) is 1. The number of Topliss-reactive ketones (excluding diaryl/α,β-unsaturated/α-hetero) is 1. The number of nitrogens with zero attached hydrogens (tertiary/aromatic N) is 1. The standard InChI is InChI=1S/C13H10N2O4/c14-5-13(6-18-7-13)12(17)8-1-2-10-9(3-8)15-11(16)4-19-10/h1-3H,4,6-7H2,(H,15,16). The van der Waals surface area contributed by atoms with Gasteiger partial charge in [0.05, 0.1) is 25.0 Å². The van der Waals surface area contributed by atoms with E-state index in [9.17, 15) is 9.59 Å². The van der Waals surface area contributed by atoms with E-state index < -0.39 is 5.41 Å². The first kappa shape index (κ1) is 11.7. The molecule has 6 nitrogen and oxygen atoms in total. The summed E-state index contributed by atoms with van der Waals surface area (Å²) in [7, 11) is 0. The van der Waals surface area contributed by atoms with Crippen molar-refractivity contribution in [3.63, 3.8) is 0 Å². The molecular formula is C13H10N2O4. The van der Waals surface area contributed by atoms with Crippen LogP contribution in [0.25, 0.3) is 0 Å². The Bertz CT molecular complexity index is 614. The zero-order valence-corrected chi connectivity index (χ0v) is 9.93. The molecule has 1 amide bonds. The summed E-state index contributed by atoms with van der Waals surface area (Å²) < 4.78 is 10.2. The van der Waals surface area contributed by atoms with Crippen LogP contribution in [0.3, 0.4) is 0 Å². The smallest absolute Gasteiger partial charge is 0.262 e. The van der Waals surface area contributed by atoms with Crippen molar-refractivity contribution in [3.8, 4) is 11.8 Å². The Morgan fingerprint density at radius 2 is 2.21 bits per heavy atom. The van der Waals surface area contributed by atoms with Gasteiger partial charge in [-0.25, -0.2) is 0 Å². The van der Waals surface area contributed by atoms with Crippen LogP contribution in [0.15, 0.2) is 18.2 Å². The van der Waals surface area contributed by atoms with Gasteiger partial charge in [0.25, 0.3) is 5.91 Å². The largest absolute Gasteiger partial charge is 0.482 e. The molecule has 1 fully saturated rings. The summed E-state index contributed by atoms with van der Waals surface area (Å²) in [5.41, 5.74) is -0.266. The van der Waals surface area contributed by atoms with Gasteiger partial charge < -0.3 is 14.8 Å². The molecule has 19 heavy (non-hydrogen) atoms. The van der Waals surface area contributed by atoms with Crippen LogP contribution in [0.2, 0.25) is 0 Å². The van der Waals surface area contributed by atoms with E-state index in [1.807, 2.05) is 6.07 Å². The molecule has 0 aromatic heterocycles. The monoisotopic (exact) mass is 258 g/mol. The van der Waals surface area contributed by atoms with E-state index in [1.165, 1.54) is 6.07 Å². The Kier molecular flexibility index (Phi) is 2.50. The predicted molar refractivity (Wildman–Crippen MR) is 63.8 cm³/mol. The second kappa shape index (κ2) is 4.07. The van der Waals surface area contributed by atoms with Crippen LogP contribution in [-0.4, -0.2) is 31.5 Å². The van der Waals surface area contributed by atoms with Crippen molar-refractivity contribution in [3.05, 3.63) is 23.8 Å². The van der Waals surface area contributed by atoms with Gasteiger partial charge in [-0.1, -0.05) is 0 Å². The van der Waals surface area contributed by atoms with Crippen molar-refractivity contribution in [1.29, 1.82) is 5.26 Å². The molecule has 0 aliphatic carbocycles. The van der Waals surface area contributed by atoms with Gasteiger partial charge in [-0.15, -0.1) is 0 Å². The van der Waals surface area contributed by atoms with E-state index in [-0.39, 0.29) is 31.5 Å². The molecular weight excluding hydrogens is 248 g/mol. The molecule has 0 saturated carbocycles. The van der Waals surface area contributed by atoms with Gasteiger partial charge in [0.15, 0.2) is 17.8 Å². The van der Waals surface area contributed by atoms with Gasteiger partial charge in [-0.05, 0) is 18.2 Å². The number of ether oxygens (including phenoxy) is 2. The summed E-state index contributed by atoms with van der Waals surface area (Å²) in [6.07, 6.45) is 0. The maximum atomic E-state index is 12.3. The third kappa shape index (κ3) is 1.75. The summed E-state index contributed by atoms with van der Waals surface area (Å²) in [4.78, 5) is 23.5. The van der Waals surface area contributed by atoms with Gasteiger partial charge in [-0.2, -0.15) is 5.26 Å². The van der Waals surface area contributed by atoms with E-state index in [4.69, 9.17) is 14.7 Å². The van der Waals surface area contributed by atoms with Crippen LogP contribution in [-0.2, 0) is 9.53 Å². The minimum atomic E-state index is -1.09. The lowest BCUT2D eigenvalue weighted by Crippen LogP contribution is -2.47. The number of hydrogen-bond donors (Lipinski definition) is 1. The normalized spacial score (nSPS) is 19.2. The van der Waals surface area contributed by atoms with E-state index in [1.54, 1.807) is 12.1 Å². The molecule has 1 aromatic carbocycles. The van der Waals surface area contributed by atoms with Crippen molar-refractivity contribution in [1.82, 2.24) is 0 Å². The number of rotatable bonds is 2. The van der Waals surface area contributed by atoms with Crippen LogP contribution in [0.1, 0.15) is 10.4 Å². The van der Waals surface area contributed by atoms with E-state index in [0.29, 0.717) is 17.0 Å². The van der Waals surface area contributed by atoms with Gasteiger partial charge in [0.2, 0.25) is 0 Å². The highest BCUT2D eigenvalue weighted by Crippen LogP contribution is 2.34. The second-order valence-corrected chi connectivity index (χ2v) is 4.56. The lowest BCUT2D eigenvalue weighted by molar-refractivity contribution is -0.118. The summed E-state index contributed by atoms with van der Waals surface area (Å²) in [5.74, 6) is -0.0324. The van der Waals surface area contributed by atoms with Gasteiger partial charge in [0.1, 0.15) is 5.75 Å². The Labute approximate surface area is 108 Å². The summed E-state index contributed by atoms with van der Waals surface area (Å²) in [5, 5.41) is 11.7. The first-order chi connectivity index (χ1) is 9.14. The highest BCUT2D eigenvalue weighted by molar-refractivity contribution is 6.05. The fraction of sp³-hybridized carbons (Fsp3) is 0.308. The van der Waals surface area contributed by atoms with Crippen LogP contribution < -0.4 is 10.1 Å². The molecule has 0 bridgehead atoms. The van der Waals surface area contributed by atoms with E-state index in [0.717, 1.165) is 0 Å². The minimum Gasteiger partial charge on any atom is -0.482 e. The van der Waals surface area contributed by atoms with Crippen molar-refractivity contribution in [2.45, 2.75) is 0 Å². The lowest BCUT2D eigenvalue weighted by Gasteiger charge is -2.33. The zero-order valence-electron chi connectivity index (χ0n) is 9.93. The summed E-state index contributed by atoms with van der Waals surface area (Å²) in [6, 6.07) is 6.75. The highest BCUT2D eigenvalue weighted by atomic mass is 16.5. The number of carbonyl (C=O) groups excluding carboxylic acids is 2. The fourth-order valence-corrected chi connectivity index (χ4v) is 2.05. The Morgan fingerprint density at radius 3 is 2.84 bits per heavy atom. The number of amides is 1. The topological polar surface area (TPSA) is 88.4 Å². The summed E-state index contributed by atoms with van der Waals surface area (Å²) >= 11 is 0. The Hall–Kier alpha value is -2.39. The van der Waals surface area contributed by atoms with Crippen molar-refractivity contribution < 1.29 is 19.1 Å². The molecule has 2 aliphatic rings. The highest BCUT2D eigenvalue weighted by Gasteiger charge is 2.46. The second-order valence-electron chi connectivity index (χ2n) is 4.56. The quantitative estimate of drug-likeness (QED) is 0.790. The van der Waals surface area contributed by atoms with E-state index in [2.05, 4.69) is 5.32 Å². The number of carbonyl (C=O) groups is 2. The van der Waals surface area contributed by atoms with Crippen LogP contribution >= 0.6 is 0 Å². The Balaban J connectivity index is 1.94. The SMILES string of the molecule is N#CC1(C(=O)c2ccc3c(c2)NC(=O)CO3)COC1. The number of anilines is 1. The molecule has 1 saturated heterocycles. The van der Waals surface area contributed by atoms with Crippen molar-refractivity contribution >= 4 is 17.4 Å². The van der Waals surface area contributed by atoms with Gasteiger partial charge in [0, 0.05) is 5.56 Å². The molecule has 1 aromatic rings. The number of nitriles is 1. The number of fused-ring (bicyclic) bond motifs is 1. The van der Waals surface area contributed by atoms with Crippen LogP contribution in [0.5, 0.6) is 5.75 Å². The van der Waals surface area contributed by atoms with Crippen molar-refractivity contribution in [2.75, 3.05) is 25.1 Å². The number of hydrogen-bond acceptors (Lipinski definition) is 5.